The highest BCUT2D eigenvalue weighted by Crippen LogP contribution is 2.33. The minimum absolute atomic E-state index is 0.0867. The third-order valence-electron chi connectivity index (χ3n) is 5.74. The Bertz CT molecular complexity index is 318. The van der Waals surface area contributed by atoms with Gasteiger partial charge in [-0.2, -0.15) is 0 Å². The topological polar surface area (TPSA) is 35.9 Å². The van der Waals surface area contributed by atoms with Crippen LogP contribution in [-0.4, -0.2) is 73.0 Å². The van der Waals surface area contributed by atoms with Gasteiger partial charge in [0.25, 0.3) is 0 Å². The summed E-state index contributed by atoms with van der Waals surface area (Å²) in [6.45, 7) is 9.06. The zero-order valence-corrected chi connectivity index (χ0v) is 12.9. The van der Waals surface area contributed by atoms with Crippen molar-refractivity contribution in [1.29, 1.82) is 0 Å². The van der Waals surface area contributed by atoms with E-state index in [9.17, 15) is 5.11 Å². The second kappa shape index (κ2) is 6.30. The molecule has 3 aliphatic heterocycles. The van der Waals surface area contributed by atoms with E-state index >= 15 is 0 Å². The van der Waals surface area contributed by atoms with Crippen LogP contribution in [0.1, 0.15) is 39.0 Å². The van der Waals surface area contributed by atoms with Crippen LogP contribution in [-0.2, 0) is 4.74 Å². The normalized spacial score (nSPS) is 35.7. The Labute approximate surface area is 123 Å². The Morgan fingerprint density at radius 2 is 2.00 bits per heavy atom. The lowest BCUT2D eigenvalue weighted by atomic mass is 9.79. The number of ether oxygens (including phenoxy) is 1. The third kappa shape index (κ3) is 3.03. The summed E-state index contributed by atoms with van der Waals surface area (Å²) in [7, 11) is 0. The minimum Gasteiger partial charge on any atom is -0.396 e. The number of hydrogen-bond donors (Lipinski definition) is 1. The molecule has 1 N–H and O–H groups in total. The lowest BCUT2D eigenvalue weighted by molar-refractivity contribution is -0.0622. The van der Waals surface area contributed by atoms with Crippen molar-refractivity contribution in [2.24, 2.45) is 5.41 Å². The quantitative estimate of drug-likeness (QED) is 0.847. The number of rotatable bonds is 3. The predicted molar refractivity (Wildman–Crippen MR) is 79.8 cm³/mol. The van der Waals surface area contributed by atoms with Crippen LogP contribution in [0.15, 0.2) is 0 Å². The van der Waals surface area contributed by atoms with Crippen LogP contribution in [0.25, 0.3) is 0 Å². The number of fused-ring (bicyclic) bond motifs is 1. The van der Waals surface area contributed by atoms with Crippen molar-refractivity contribution in [2.45, 2.75) is 51.1 Å². The van der Waals surface area contributed by atoms with Crippen molar-refractivity contribution >= 4 is 0 Å². The van der Waals surface area contributed by atoms with E-state index in [-0.39, 0.29) is 5.41 Å². The Hall–Kier alpha value is -0.160. The first-order chi connectivity index (χ1) is 9.72. The van der Waals surface area contributed by atoms with Crippen LogP contribution in [0.2, 0.25) is 0 Å². The summed E-state index contributed by atoms with van der Waals surface area (Å²) in [5.74, 6) is 0. The summed E-state index contributed by atoms with van der Waals surface area (Å²) in [6.07, 6.45) is 6.16. The van der Waals surface area contributed by atoms with Crippen LogP contribution in [0.4, 0.5) is 0 Å². The zero-order valence-electron chi connectivity index (χ0n) is 12.9. The molecule has 3 saturated heterocycles. The second-order valence-corrected chi connectivity index (χ2v) is 7.19. The van der Waals surface area contributed by atoms with Crippen LogP contribution in [0.3, 0.4) is 0 Å². The van der Waals surface area contributed by atoms with E-state index in [1.807, 2.05) is 0 Å². The molecule has 4 heteroatoms. The van der Waals surface area contributed by atoms with Gasteiger partial charge in [0.1, 0.15) is 0 Å². The molecule has 0 aromatic carbocycles. The van der Waals surface area contributed by atoms with E-state index in [4.69, 9.17) is 4.74 Å². The molecule has 20 heavy (non-hydrogen) atoms. The molecular weight excluding hydrogens is 252 g/mol. The number of nitrogens with zero attached hydrogens (tertiary/aromatic N) is 2. The average molecular weight is 282 g/mol. The van der Waals surface area contributed by atoms with E-state index in [1.165, 1.54) is 38.9 Å². The molecule has 2 atom stereocenters. The number of piperazine rings is 1. The molecule has 0 aliphatic carbocycles. The van der Waals surface area contributed by atoms with E-state index in [0.29, 0.717) is 12.6 Å². The van der Waals surface area contributed by atoms with Gasteiger partial charge < -0.3 is 9.84 Å². The fourth-order valence-corrected chi connectivity index (χ4v) is 4.23. The highest BCUT2D eigenvalue weighted by Gasteiger charge is 2.39. The van der Waals surface area contributed by atoms with Gasteiger partial charge in [-0.15, -0.1) is 0 Å². The molecule has 4 nitrogen and oxygen atoms in total. The standard InChI is InChI=1S/C16H30N2O2/c1-14-10-17-7-3-2-4-15(17)11-18(14)12-16(13-19)5-8-20-9-6-16/h14-15,19H,2-13H2,1H3. The van der Waals surface area contributed by atoms with Gasteiger partial charge in [-0.1, -0.05) is 6.42 Å². The summed E-state index contributed by atoms with van der Waals surface area (Å²) in [6, 6.07) is 1.38. The summed E-state index contributed by atoms with van der Waals surface area (Å²) in [4.78, 5) is 5.34. The molecule has 3 rings (SSSR count). The number of aliphatic hydroxyl groups excluding tert-OH is 1. The maximum absolute atomic E-state index is 9.90. The molecule has 3 fully saturated rings. The predicted octanol–water partition coefficient (Wildman–Crippen LogP) is 1.33. The number of hydrogen-bond acceptors (Lipinski definition) is 4. The summed E-state index contributed by atoms with van der Waals surface area (Å²) >= 11 is 0. The molecule has 0 bridgehead atoms. The van der Waals surface area contributed by atoms with Gasteiger partial charge in [0.2, 0.25) is 0 Å². The van der Waals surface area contributed by atoms with Crippen LogP contribution < -0.4 is 0 Å². The summed E-state index contributed by atoms with van der Waals surface area (Å²) in [5, 5.41) is 9.90. The van der Waals surface area contributed by atoms with E-state index in [0.717, 1.165) is 38.6 Å². The summed E-state index contributed by atoms with van der Waals surface area (Å²) < 4.78 is 5.49. The van der Waals surface area contributed by atoms with Crippen molar-refractivity contribution in [3.8, 4) is 0 Å². The fraction of sp³-hybridized carbons (Fsp3) is 1.00. The van der Waals surface area contributed by atoms with Crippen molar-refractivity contribution in [1.82, 2.24) is 9.80 Å². The molecule has 0 aromatic rings. The summed E-state index contributed by atoms with van der Waals surface area (Å²) in [5.41, 5.74) is 0.0867. The molecule has 0 aromatic heterocycles. The molecule has 0 amide bonds. The largest absolute Gasteiger partial charge is 0.396 e. The lowest BCUT2D eigenvalue weighted by Gasteiger charge is -2.50. The van der Waals surface area contributed by atoms with Crippen molar-refractivity contribution in [3.63, 3.8) is 0 Å². The van der Waals surface area contributed by atoms with Gasteiger partial charge in [0.15, 0.2) is 0 Å². The molecule has 0 spiro atoms. The van der Waals surface area contributed by atoms with Gasteiger partial charge in [0.05, 0.1) is 6.61 Å². The smallest absolute Gasteiger partial charge is 0.0501 e. The first kappa shape index (κ1) is 14.8. The van der Waals surface area contributed by atoms with Crippen molar-refractivity contribution in [3.05, 3.63) is 0 Å². The highest BCUT2D eigenvalue weighted by molar-refractivity contribution is 4.93. The maximum Gasteiger partial charge on any atom is 0.0501 e. The zero-order chi connectivity index (χ0) is 14.0. The van der Waals surface area contributed by atoms with Gasteiger partial charge >= 0.3 is 0 Å². The minimum atomic E-state index is 0.0867. The van der Waals surface area contributed by atoms with Gasteiger partial charge in [0, 0.05) is 50.3 Å². The first-order valence-electron chi connectivity index (χ1n) is 8.39. The molecule has 0 saturated carbocycles. The molecule has 0 radical (unpaired) electrons. The Morgan fingerprint density at radius 3 is 2.75 bits per heavy atom. The third-order valence-corrected chi connectivity index (χ3v) is 5.74. The highest BCUT2D eigenvalue weighted by atomic mass is 16.5. The first-order valence-corrected chi connectivity index (χ1v) is 8.39. The van der Waals surface area contributed by atoms with Gasteiger partial charge in [-0.25, -0.2) is 0 Å². The Morgan fingerprint density at radius 1 is 1.20 bits per heavy atom. The second-order valence-electron chi connectivity index (χ2n) is 7.19. The molecular formula is C16H30N2O2. The monoisotopic (exact) mass is 282 g/mol. The molecule has 3 heterocycles. The van der Waals surface area contributed by atoms with Gasteiger partial charge in [-0.3, -0.25) is 9.80 Å². The lowest BCUT2D eigenvalue weighted by Crippen LogP contribution is -2.61. The Balaban J connectivity index is 1.63. The van der Waals surface area contributed by atoms with Crippen molar-refractivity contribution < 1.29 is 9.84 Å². The molecule has 2 unspecified atom stereocenters. The average Bonchev–Trinajstić information content (AvgIpc) is 2.49. The molecule has 116 valence electrons. The van der Waals surface area contributed by atoms with Gasteiger partial charge in [-0.05, 0) is 39.2 Å². The van der Waals surface area contributed by atoms with Crippen LogP contribution >= 0.6 is 0 Å². The van der Waals surface area contributed by atoms with E-state index in [1.54, 1.807) is 0 Å². The van der Waals surface area contributed by atoms with E-state index in [2.05, 4.69) is 16.7 Å². The maximum atomic E-state index is 9.90. The number of piperidine rings is 1. The Kier molecular flexibility index (Phi) is 4.65. The van der Waals surface area contributed by atoms with Crippen molar-refractivity contribution in [2.75, 3.05) is 46.0 Å². The SMILES string of the molecule is CC1CN2CCCCC2CN1CC1(CO)CCOCC1. The molecule has 3 aliphatic rings. The van der Waals surface area contributed by atoms with E-state index < -0.39 is 0 Å². The van der Waals surface area contributed by atoms with Crippen LogP contribution in [0, 0.1) is 5.41 Å². The number of aliphatic hydroxyl groups is 1. The fourth-order valence-electron chi connectivity index (χ4n) is 4.23. The van der Waals surface area contributed by atoms with Crippen LogP contribution in [0.5, 0.6) is 0 Å².